The number of thiocarbonyl (C=S) groups is 1. The third-order valence-electron chi connectivity index (χ3n) is 3.88. The molecule has 1 atom stereocenters. The van der Waals surface area contributed by atoms with Crippen molar-refractivity contribution < 1.29 is 23.7 Å². The van der Waals surface area contributed by atoms with E-state index in [9.17, 15) is 4.79 Å². The van der Waals surface area contributed by atoms with Crippen LogP contribution in [0, 0.1) is 0 Å². The van der Waals surface area contributed by atoms with Crippen molar-refractivity contribution in [2.45, 2.75) is 19.9 Å². The minimum absolute atomic E-state index is 0.193. The van der Waals surface area contributed by atoms with Crippen molar-refractivity contribution in [2.75, 3.05) is 26.6 Å². The Kier molecular flexibility index (Phi) is 5.40. The molecule has 0 bridgehead atoms. The van der Waals surface area contributed by atoms with Crippen LogP contribution in [-0.4, -0.2) is 37.7 Å². The summed E-state index contributed by atoms with van der Waals surface area (Å²) >= 11 is 5.24. The smallest absolute Gasteiger partial charge is 0.338 e. The standard InChI is InChI=1S/C17H20N2O5S/c1-3-21-6-7-22-16(20)14-10(2)18-17(25)19-15(14)11-4-5-12-13(8-11)24-9-23-12/h4-5,8,15H,3,6-7,9H2,1-2H3,(H2,18,19,25). The van der Waals surface area contributed by atoms with Crippen LogP contribution in [0.4, 0.5) is 0 Å². The normalized spacial score (nSPS) is 18.6. The van der Waals surface area contributed by atoms with Crippen LogP contribution < -0.4 is 20.1 Å². The van der Waals surface area contributed by atoms with Crippen LogP contribution in [0.25, 0.3) is 0 Å². The summed E-state index contributed by atoms with van der Waals surface area (Å²) in [7, 11) is 0. The van der Waals surface area contributed by atoms with E-state index in [1.165, 1.54) is 0 Å². The van der Waals surface area contributed by atoms with Gasteiger partial charge in [-0.3, -0.25) is 0 Å². The number of benzene rings is 1. The van der Waals surface area contributed by atoms with Crippen molar-refractivity contribution in [3.63, 3.8) is 0 Å². The Morgan fingerprint density at radius 3 is 2.92 bits per heavy atom. The van der Waals surface area contributed by atoms with E-state index in [0.717, 1.165) is 5.56 Å². The number of hydrogen-bond acceptors (Lipinski definition) is 6. The van der Waals surface area contributed by atoms with E-state index >= 15 is 0 Å². The molecule has 1 aromatic rings. The number of fused-ring (bicyclic) bond motifs is 1. The average molecular weight is 364 g/mol. The van der Waals surface area contributed by atoms with Crippen molar-refractivity contribution in [1.29, 1.82) is 0 Å². The van der Waals surface area contributed by atoms with Crippen LogP contribution in [0.1, 0.15) is 25.5 Å². The molecule has 25 heavy (non-hydrogen) atoms. The summed E-state index contributed by atoms with van der Waals surface area (Å²) in [5.74, 6) is 0.912. The molecule has 2 heterocycles. The molecule has 0 amide bonds. The summed E-state index contributed by atoms with van der Waals surface area (Å²) in [6.07, 6.45) is 0. The second kappa shape index (κ2) is 7.71. The lowest BCUT2D eigenvalue weighted by Gasteiger charge is -2.30. The maximum absolute atomic E-state index is 12.6. The lowest BCUT2D eigenvalue weighted by molar-refractivity contribution is -0.141. The Morgan fingerprint density at radius 2 is 2.12 bits per heavy atom. The van der Waals surface area contributed by atoms with Gasteiger partial charge in [0.15, 0.2) is 16.6 Å². The van der Waals surface area contributed by atoms with Crippen molar-refractivity contribution in [1.82, 2.24) is 10.6 Å². The van der Waals surface area contributed by atoms with E-state index in [-0.39, 0.29) is 13.4 Å². The Hall–Kier alpha value is -2.32. The SMILES string of the molecule is CCOCCOC(=O)C1=C(C)NC(=S)NC1c1ccc2c(c1)OCO2. The van der Waals surface area contributed by atoms with Gasteiger partial charge in [-0.15, -0.1) is 0 Å². The molecule has 0 fully saturated rings. The van der Waals surface area contributed by atoms with Gasteiger partial charge in [0.1, 0.15) is 6.61 Å². The molecule has 0 radical (unpaired) electrons. The van der Waals surface area contributed by atoms with Gasteiger partial charge in [-0.25, -0.2) is 4.79 Å². The van der Waals surface area contributed by atoms with E-state index in [0.29, 0.717) is 41.1 Å². The molecule has 7 nitrogen and oxygen atoms in total. The predicted molar refractivity (Wildman–Crippen MR) is 94.3 cm³/mol. The number of allylic oxidation sites excluding steroid dienone is 1. The van der Waals surface area contributed by atoms with E-state index in [2.05, 4.69) is 10.6 Å². The van der Waals surface area contributed by atoms with Gasteiger partial charge < -0.3 is 29.6 Å². The zero-order valence-electron chi connectivity index (χ0n) is 14.1. The molecule has 0 saturated carbocycles. The molecule has 0 aliphatic carbocycles. The van der Waals surface area contributed by atoms with Gasteiger partial charge >= 0.3 is 5.97 Å². The number of carbonyl (C=O) groups excluding carboxylic acids is 1. The second-order valence-corrected chi connectivity index (χ2v) is 5.92. The highest BCUT2D eigenvalue weighted by Gasteiger charge is 2.32. The van der Waals surface area contributed by atoms with Crippen LogP contribution in [0.3, 0.4) is 0 Å². The lowest BCUT2D eigenvalue weighted by atomic mass is 9.95. The van der Waals surface area contributed by atoms with Crippen LogP contribution >= 0.6 is 12.2 Å². The van der Waals surface area contributed by atoms with Gasteiger partial charge in [0.25, 0.3) is 0 Å². The number of rotatable bonds is 6. The zero-order valence-corrected chi connectivity index (χ0v) is 14.9. The Morgan fingerprint density at radius 1 is 1.32 bits per heavy atom. The summed E-state index contributed by atoms with van der Waals surface area (Å²) < 4.78 is 21.3. The number of ether oxygens (including phenoxy) is 4. The Labute approximate surface area is 151 Å². The number of carbonyl (C=O) groups is 1. The van der Waals surface area contributed by atoms with Crippen LogP contribution in [-0.2, 0) is 14.3 Å². The molecule has 2 aliphatic rings. The first-order valence-corrected chi connectivity index (χ1v) is 8.43. The first-order chi connectivity index (χ1) is 12.1. The fourth-order valence-corrected chi connectivity index (χ4v) is 2.99. The topological polar surface area (TPSA) is 78.1 Å². The maximum Gasteiger partial charge on any atom is 0.338 e. The molecule has 1 aromatic carbocycles. The summed E-state index contributed by atoms with van der Waals surface area (Å²) in [6.45, 7) is 5.02. The number of nitrogens with one attached hydrogen (secondary N) is 2. The molecule has 0 spiro atoms. The van der Waals surface area contributed by atoms with E-state index in [1.807, 2.05) is 25.1 Å². The first-order valence-electron chi connectivity index (χ1n) is 8.03. The minimum Gasteiger partial charge on any atom is -0.460 e. The zero-order chi connectivity index (χ0) is 17.8. The molecular formula is C17H20N2O5S. The van der Waals surface area contributed by atoms with E-state index in [1.54, 1.807) is 6.92 Å². The average Bonchev–Trinajstić information content (AvgIpc) is 3.05. The van der Waals surface area contributed by atoms with Crippen LogP contribution in [0.2, 0.25) is 0 Å². The largest absolute Gasteiger partial charge is 0.460 e. The molecule has 3 rings (SSSR count). The van der Waals surface area contributed by atoms with Crippen molar-refractivity contribution in [3.05, 3.63) is 35.0 Å². The van der Waals surface area contributed by atoms with Gasteiger partial charge in [0.2, 0.25) is 6.79 Å². The van der Waals surface area contributed by atoms with E-state index < -0.39 is 12.0 Å². The van der Waals surface area contributed by atoms with Crippen molar-refractivity contribution >= 4 is 23.3 Å². The second-order valence-electron chi connectivity index (χ2n) is 5.52. The highest BCUT2D eigenvalue weighted by Crippen LogP contribution is 2.37. The molecule has 2 N–H and O–H groups in total. The monoisotopic (exact) mass is 364 g/mol. The van der Waals surface area contributed by atoms with E-state index in [4.69, 9.17) is 31.2 Å². The summed E-state index contributed by atoms with van der Waals surface area (Å²) in [5, 5.41) is 6.55. The fourth-order valence-electron chi connectivity index (χ4n) is 2.72. The minimum atomic E-state index is -0.428. The summed E-state index contributed by atoms with van der Waals surface area (Å²) in [6, 6.07) is 5.11. The summed E-state index contributed by atoms with van der Waals surface area (Å²) in [5.41, 5.74) is 1.97. The molecule has 1 unspecified atom stereocenters. The molecular weight excluding hydrogens is 344 g/mol. The van der Waals surface area contributed by atoms with Gasteiger partial charge in [-0.2, -0.15) is 0 Å². The van der Waals surface area contributed by atoms with Gasteiger partial charge in [0.05, 0.1) is 18.2 Å². The fraction of sp³-hybridized carbons (Fsp3) is 0.412. The van der Waals surface area contributed by atoms with Crippen molar-refractivity contribution in [3.8, 4) is 11.5 Å². The third-order valence-corrected chi connectivity index (χ3v) is 4.10. The number of hydrogen-bond donors (Lipinski definition) is 2. The molecule has 0 saturated heterocycles. The van der Waals surface area contributed by atoms with Gasteiger partial charge in [-0.05, 0) is 43.8 Å². The highest BCUT2D eigenvalue weighted by atomic mass is 32.1. The van der Waals surface area contributed by atoms with Crippen molar-refractivity contribution in [2.24, 2.45) is 0 Å². The first kappa shape index (κ1) is 17.5. The Balaban J connectivity index is 1.83. The van der Waals surface area contributed by atoms with Crippen LogP contribution in [0.5, 0.6) is 11.5 Å². The van der Waals surface area contributed by atoms with Gasteiger partial charge in [-0.1, -0.05) is 6.07 Å². The number of esters is 1. The highest BCUT2D eigenvalue weighted by molar-refractivity contribution is 7.80. The Bertz CT molecular complexity index is 719. The lowest BCUT2D eigenvalue weighted by Crippen LogP contribution is -2.45. The van der Waals surface area contributed by atoms with Crippen LogP contribution in [0.15, 0.2) is 29.5 Å². The maximum atomic E-state index is 12.6. The quantitative estimate of drug-likeness (QED) is 0.449. The molecule has 134 valence electrons. The molecule has 0 aromatic heterocycles. The molecule has 2 aliphatic heterocycles. The third kappa shape index (κ3) is 3.85. The summed E-state index contributed by atoms with van der Waals surface area (Å²) in [4.78, 5) is 12.6. The molecule has 8 heteroatoms. The van der Waals surface area contributed by atoms with Gasteiger partial charge in [0, 0.05) is 12.3 Å². The predicted octanol–water partition coefficient (Wildman–Crippen LogP) is 1.79.